The number of rotatable bonds is 7. The fourth-order valence-electron chi connectivity index (χ4n) is 2.75. The lowest BCUT2D eigenvalue weighted by Crippen LogP contribution is -2.23. The van der Waals surface area contributed by atoms with E-state index in [0.717, 1.165) is 37.3 Å². The van der Waals surface area contributed by atoms with Gasteiger partial charge < -0.3 is 0 Å². The lowest BCUT2D eigenvalue weighted by Gasteiger charge is -2.22. The fourth-order valence-corrected chi connectivity index (χ4v) is 2.75. The van der Waals surface area contributed by atoms with Crippen molar-refractivity contribution in [2.45, 2.75) is 33.0 Å². The second-order valence-electron chi connectivity index (χ2n) is 6.14. The van der Waals surface area contributed by atoms with Gasteiger partial charge in [-0.25, -0.2) is 4.39 Å². The van der Waals surface area contributed by atoms with Crippen molar-refractivity contribution in [2.24, 2.45) is 0 Å². The number of benzene rings is 1. The number of hydrogen-bond donors (Lipinski definition) is 0. The van der Waals surface area contributed by atoms with Gasteiger partial charge in [0.15, 0.2) is 0 Å². The van der Waals surface area contributed by atoms with E-state index in [4.69, 9.17) is 0 Å². The van der Waals surface area contributed by atoms with Crippen molar-refractivity contribution in [1.29, 1.82) is 0 Å². The Kier molecular flexibility index (Phi) is 5.86. The van der Waals surface area contributed by atoms with E-state index < -0.39 is 0 Å². The molecule has 0 aliphatic rings. The number of aryl methyl sites for hydroxylation is 1. The zero-order valence-corrected chi connectivity index (χ0v) is 14.4. The number of hydrogen-bond acceptors (Lipinski definition) is 3. The molecule has 0 N–H and O–H groups in total. The molecule has 2 aromatic heterocycles. The Bertz CT molecular complexity index is 771. The molecule has 25 heavy (non-hydrogen) atoms. The highest BCUT2D eigenvalue weighted by molar-refractivity contribution is 5.18. The van der Waals surface area contributed by atoms with Crippen LogP contribution >= 0.6 is 0 Å². The maximum atomic E-state index is 13.2. The van der Waals surface area contributed by atoms with E-state index in [9.17, 15) is 4.39 Å². The van der Waals surface area contributed by atoms with Crippen LogP contribution in [0.2, 0.25) is 0 Å². The number of halogens is 1. The number of pyridine rings is 2. The van der Waals surface area contributed by atoms with Crippen LogP contribution in [0.4, 0.5) is 4.39 Å². The highest BCUT2D eigenvalue weighted by atomic mass is 19.1. The van der Waals surface area contributed by atoms with Crippen molar-refractivity contribution < 1.29 is 4.39 Å². The molecule has 1 aromatic carbocycles. The van der Waals surface area contributed by atoms with Gasteiger partial charge in [-0.1, -0.05) is 25.1 Å². The van der Waals surface area contributed by atoms with Crippen molar-refractivity contribution in [3.05, 3.63) is 95.3 Å². The van der Waals surface area contributed by atoms with E-state index in [1.165, 1.54) is 23.3 Å². The predicted octanol–water partition coefficient (Wildman–Crippen LogP) is 4.38. The summed E-state index contributed by atoms with van der Waals surface area (Å²) in [6.45, 7) is 4.39. The third-order valence-corrected chi connectivity index (χ3v) is 4.15. The van der Waals surface area contributed by atoms with Crippen LogP contribution in [0, 0.1) is 5.82 Å². The molecular weight excluding hydrogens is 313 g/mol. The SMILES string of the molecule is CCc1ccc(CN(Cc2ccncc2)Cc2ccc(F)cc2)nc1. The van der Waals surface area contributed by atoms with Gasteiger partial charge in [-0.2, -0.15) is 0 Å². The average Bonchev–Trinajstić information content (AvgIpc) is 2.65. The molecule has 2 heterocycles. The Morgan fingerprint density at radius 3 is 2.04 bits per heavy atom. The van der Waals surface area contributed by atoms with E-state index in [2.05, 4.69) is 33.9 Å². The molecule has 3 aromatic rings. The van der Waals surface area contributed by atoms with E-state index in [0.29, 0.717) is 0 Å². The molecule has 0 aliphatic heterocycles. The number of nitrogens with zero attached hydrogens (tertiary/aromatic N) is 3. The first-order valence-electron chi connectivity index (χ1n) is 8.52. The van der Waals surface area contributed by atoms with Crippen LogP contribution in [-0.4, -0.2) is 14.9 Å². The summed E-state index contributed by atoms with van der Waals surface area (Å²) in [4.78, 5) is 11.0. The van der Waals surface area contributed by atoms with Gasteiger partial charge in [0.05, 0.1) is 5.69 Å². The van der Waals surface area contributed by atoms with Gasteiger partial charge in [-0.05, 0) is 53.4 Å². The van der Waals surface area contributed by atoms with Gasteiger partial charge in [0, 0.05) is 38.2 Å². The van der Waals surface area contributed by atoms with Gasteiger partial charge in [-0.15, -0.1) is 0 Å². The largest absolute Gasteiger partial charge is 0.289 e. The third-order valence-electron chi connectivity index (χ3n) is 4.15. The van der Waals surface area contributed by atoms with Crippen molar-refractivity contribution in [3.8, 4) is 0 Å². The van der Waals surface area contributed by atoms with E-state index in [1.807, 2.05) is 30.5 Å². The Hall–Kier alpha value is -2.59. The van der Waals surface area contributed by atoms with Crippen LogP contribution in [0.25, 0.3) is 0 Å². The Morgan fingerprint density at radius 2 is 1.44 bits per heavy atom. The zero-order valence-electron chi connectivity index (χ0n) is 14.4. The summed E-state index contributed by atoms with van der Waals surface area (Å²) in [6, 6.07) is 14.9. The standard InChI is InChI=1S/C21H22FN3/c1-2-17-5-8-21(24-13-17)16-25(15-19-9-11-23-12-10-19)14-18-3-6-20(22)7-4-18/h3-13H,2,14-16H2,1H3. The Labute approximate surface area is 148 Å². The molecule has 128 valence electrons. The van der Waals surface area contributed by atoms with Gasteiger partial charge in [-0.3, -0.25) is 14.9 Å². The molecule has 0 saturated carbocycles. The molecule has 0 bridgehead atoms. The smallest absolute Gasteiger partial charge is 0.123 e. The topological polar surface area (TPSA) is 29.0 Å². The maximum absolute atomic E-state index is 13.2. The second-order valence-corrected chi connectivity index (χ2v) is 6.14. The summed E-state index contributed by atoms with van der Waals surface area (Å²) >= 11 is 0. The fraction of sp³-hybridized carbons (Fsp3) is 0.238. The highest BCUT2D eigenvalue weighted by Crippen LogP contribution is 2.14. The van der Waals surface area contributed by atoms with Gasteiger partial charge in [0.2, 0.25) is 0 Å². The summed E-state index contributed by atoms with van der Waals surface area (Å²) in [6.07, 6.45) is 6.54. The monoisotopic (exact) mass is 335 g/mol. The Morgan fingerprint density at radius 1 is 0.800 bits per heavy atom. The van der Waals surface area contributed by atoms with Crippen LogP contribution in [-0.2, 0) is 26.1 Å². The first-order valence-corrected chi connectivity index (χ1v) is 8.52. The minimum atomic E-state index is -0.207. The van der Waals surface area contributed by atoms with E-state index >= 15 is 0 Å². The van der Waals surface area contributed by atoms with Crippen LogP contribution in [0.5, 0.6) is 0 Å². The summed E-state index contributed by atoms with van der Waals surface area (Å²) in [5.74, 6) is -0.207. The minimum absolute atomic E-state index is 0.207. The Balaban J connectivity index is 1.76. The highest BCUT2D eigenvalue weighted by Gasteiger charge is 2.10. The molecule has 0 spiro atoms. The molecule has 3 rings (SSSR count). The molecule has 0 fully saturated rings. The van der Waals surface area contributed by atoms with Crippen molar-refractivity contribution in [3.63, 3.8) is 0 Å². The molecule has 0 aliphatic carbocycles. The summed E-state index contributed by atoms with van der Waals surface area (Å²) in [5.41, 5.74) is 4.55. The van der Waals surface area contributed by atoms with Crippen LogP contribution in [0.3, 0.4) is 0 Å². The second kappa shape index (κ2) is 8.49. The molecule has 0 saturated heterocycles. The lowest BCUT2D eigenvalue weighted by molar-refractivity contribution is 0.244. The van der Waals surface area contributed by atoms with Crippen LogP contribution < -0.4 is 0 Å². The molecule has 0 unspecified atom stereocenters. The molecule has 0 amide bonds. The minimum Gasteiger partial charge on any atom is -0.289 e. The average molecular weight is 335 g/mol. The summed E-state index contributed by atoms with van der Waals surface area (Å²) in [5, 5.41) is 0. The van der Waals surface area contributed by atoms with Crippen molar-refractivity contribution in [2.75, 3.05) is 0 Å². The third kappa shape index (κ3) is 5.19. The van der Waals surface area contributed by atoms with Gasteiger partial charge in [0.25, 0.3) is 0 Å². The van der Waals surface area contributed by atoms with Gasteiger partial charge >= 0.3 is 0 Å². The molecule has 0 atom stereocenters. The lowest BCUT2D eigenvalue weighted by atomic mass is 10.1. The molecular formula is C21H22FN3. The first-order chi connectivity index (χ1) is 12.2. The first kappa shape index (κ1) is 17.2. The zero-order chi connectivity index (χ0) is 17.5. The normalized spacial score (nSPS) is 11.0. The maximum Gasteiger partial charge on any atom is 0.123 e. The van der Waals surface area contributed by atoms with Gasteiger partial charge in [0.1, 0.15) is 5.82 Å². The number of aromatic nitrogens is 2. The predicted molar refractivity (Wildman–Crippen MR) is 97.2 cm³/mol. The molecule has 3 nitrogen and oxygen atoms in total. The van der Waals surface area contributed by atoms with Crippen molar-refractivity contribution >= 4 is 0 Å². The summed E-state index contributed by atoms with van der Waals surface area (Å²) in [7, 11) is 0. The van der Waals surface area contributed by atoms with Crippen molar-refractivity contribution in [1.82, 2.24) is 14.9 Å². The van der Waals surface area contributed by atoms with Crippen LogP contribution in [0.15, 0.2) is 67.1 Å². The molecule has 4 heteroatoms. The summed E-state index contributed by atoms with van der Waals surface area (Å²) < 4.78 is 13.2. The van der Waals surface area contributed by atoms with E-state index in [1.54, 1.807) is 12.4 Å². The van der Waals surface area contributed by atoms with Crippen LogP contribution in [0.1, 0.15) is 29.3 Å². The molecule has 0 radical (unpaired) electrons. The van der Waals surface area contributed by atoms with E-state index in [-0.39, 0.29) is 5.82 Å². The quantitative estimate of drug-likeness (QED) is 0.641.